The maximum absolute atomic E-state index is 12.5. The van der Waals surface area contributed by atoms with Crippen LogP contribution < -0.4 is 11.1 Å². The van der Waals surface area contributed by atoms with Gasteiger partial charge >= 0.3 is 0 Å². The number of thiocarbonyl (C=S) groups is 1. The molecule has 1 amide bonds. The molecule has 3 N–H and O–H groups in total. The fraction of sp³-hybridized carbons (Fsp3) is 0.867. The summed E-state index contributed by atoms with van der Waals surface area (Å²) in [5, 5.41) is 2.94. The summed E-state index contributed by atoms with van der Waals surface area (Å²) in [6, 6.07) is 0. The van der Waals surface area contributed by atoms with Crippen molar-refractivity contribution in [3.63, 3.8) is 0 Å². The molecule has 0 aromatic carbocycles. The van der Waals surface area contributed by atoms with Crippen molar-refractivity contribution in [2.24, 2.45) is 17.1 Å². The first-order valence-corrected chi connectivity index (χ1v) is 8.06. The van der Waals surface area contributed by atoms with Gasteiger partial charge in [-0.3, -0.25) is 4.79 Å². The molecule has 20 heavy (non-hydrogen) atoms. The molecule has 116 valence electrons. The van der Waals surface area contributed by atoms with E-state index < -0.39 is 5.41 Å². The molecule has 0 bridgehead atoms. The van der Waals surface area contributed by atoms with Crippen molar-refractivity contribution in [3.8, 4) is 0 Å². The quantitative estimate of drug-likeness (QED) is 0.430. The second kappa shape index (κ2) is 8.57. The van der Waals surface area contributed by atoms with E-state index in [4.69, 9.17) is 22.7 Å². The largest absolute Gasteiger partial charge is 0.392 e. The second-order valence-electron chi connectivity index (χ2n) is 6.09. The fourth-order valence-electron chi connectivity index (χ4n) is 2.64. The second-order valence-corrected chi connectivity index (χ2v) is 6.53. The van der Waals surface area contributed by atoms with E-state index in [-0.39, 0.29) is 5.91 Å². The summed E-state index contributed by atoms with van der Waals surface area (Å²) in [4.78, 5) is 12.8. The van der Waals surface area contributed by atoms with E-state index in [1.54, 1.807) is 0 Å². The van der Waals surface area contributed by atoms with E-state index in [2.05, 4.69) is 19.2 Å². The third kappa shape index (κ3) is 5.02. The average molecular weight is 300 g/mol. The van der Waals surface area contributed by atoms with Crippen LogP contribution in [-0.2, 0) is 9.53 Å². The molecule has 0 saturated heterocycles. The van der Waals surface area contributed by atoms with Crippen molar-refractivity contribution >= 4 is 23.1 Å². The molecule has 0 aromatic heterocycles. The zero-order chi connectivity index (χ0) is 15.0. The molecule has 0 radical (unpaired) electrons. The summed E-state index contributed by atoms with van der Waals surface area (Å²) in [7, 11) is 0. The Balaban J connectivity index is 2.46. The molecule has 5 heteroatoms. The molecular weight excluding hydrogens is 272 g/mol. The number of hydrogen-bond acceptors (Lipinski definition) is 3. The van der Waals surface area contributed by atoms with Gasteiger partial charge in [0.2, 0.25) is 5.91 Å². The molecular formula is C15H28N2O2S. The van der Waals surface area contributed by atoms with E-state index in [0.29, 0.717) is 24.1 Å². The Hall–Kier alpha value is -0.680. The lowest BCUT2D eigenvalue weighted by atomic mass is 9.79. The van der Waals surface area contributed by atoms with Gasteiger partial charge in [-0.05, 0) is 18.8 Å². The van der Waals surface area contributed by atoms with Gasteiger partial charge in [-0.15, -0.1) is 0 Å². The van der Waals surface area contributed by atoms with E-state index in [0.717, 1.165) is 45.1 Å². The molecule has 0 heterocycles. The molecule has 1 aliphatic rings. The number of ether oxygens (including phenoxy) is 1. The molecule has 0 aliphatic heterocycles. The van der Waals surface area contributed by atoms with Gasteiger partial charge in [-0.25, -0.2) is 0 Å². The highest BCUT2D eigenvalue weighted by Gasteiger charge is 2.41. The number of amides is 1. The third-order valence-corrected chi connectivity index (χ3v) is 4.24. The van der Waals surface area contributed by atoms with E-state index in [1.165, 1.54) is 0 Å². The van der Waals surface area contributed by atoms with Gasteiger partial charge in [0, 0.05) is 13.2 Å². The molecule has 0 spiro atoms. The Morgan fingerprint density at radius 3 is 2.40 bits per heavy atom. The topological polar surface area (TPSA) is 64.3 Å². The van der Waals surface area contributed by atoms with Crippen molar-refractivity contribution in [2.75, 3.05) is 19.8 Å². The Labute approximate surface area is 127 Å². The van der Waals surface area contributed by atoms with Gasteiger partial charge < -0.3 is 15.8 Å². The molecule has 1 aliphatic carbocycles. The summed E-state index contributed by atoms with van der Waals surface area (Å²) in [5.74, 6) is 0.496. The van der Waals surface area contributed by atoms with Gasteiger partial charge in [0.1, 0.15) is 0 Å². The van der Waals surface area contributed by atoms with E-state index in [1.807, 2.05) is 0 Å². The lowest BCUT2D eigenvalue weighted by Gasteiger charge is -2.30. The normalized spacial score (nSPS) is 18.6. The summed E-state index contributed by atoms with van der Waals surface area (Å²) in [5.41, 5.74) is 5.25. The zero-order valence-corrected chi connectivity index (χ0v) is 13.6. The minimum atomic E-state index is -0.635. The first kappa shape index (κ1) is 17.4. The fourth-order valence-corrected chi connectivity index (χ4v) is 2.94. The smallest absolute Gasteiger partial charge is 0.233 e. The standard InChI is InChI=1S/C15H28N2O2S/c1-12(2)11-19-10-9-17-14(18)15(13(16)20)7-5-3-4-6-8-15/h12H,3-11H2,1-2H3,(H2,16,20)(H,17,18). The number of nitrogens with one attached hydrogen (secondary N) is 1. The van der Waals surface area contributed by atoms with Crippen LogP contribution in [0.1, 0.15) is 52.4 Å². The van der Waals surface area contributed by atoms with Crippen LogP contribution in [0.15, 0.2) is 0 Å². The minimum absolute atomic E-state index is 0.0138. The maximum atomic E-state index is 12.5. The lowest BCUT2D eigenvalue weighted by Crippen LogP contribution is -2.49. The molecule has 0 aromatic rings. The van der Waals surface area contributed by atoms with Gasteiger partial charge in [0.05, 0.1) is 17.0 Å². The van der Waals surface area contributed by atoms with Crippen LogP contribution in [0.3, 0.4) is 0 Å². The Kier molecular flexibility index (Phi) is 7.45. The van der Waals surface area contributed by atoms with Gasteiger partial charge in [-0.1, -0.05) is 51.7 Å². The first-order chi connectivity index (χ1) is 9.49. The zero-order valence-electron chi connectivity index (χ0n) is 12.7. The van der Waals surface area contributed by atoms with Crippen molar-refractivity contribution in [1.29, 1.82) is 0 Å². The molecule has 1 fully saturated rings. The predicted octanol–water partition coefficient (Wildman–Crippen LogP) is 2.40. The van der Waals surface area contributed by atoms with Gasteiger partial charge in [0.15, 0.2) is 0 Å². The van der Waals surface area contributed by atoms with Crippen LogP contribution in [0, 0.1) is 11.3 Å². The van der Waals surface area contributed by atoms with Gasteiger partial charge in [-0.2, -0.15) is 0 Å². The van der Waals surface area contributed by atoms with E-state index >= 15 is 0 Å². The molecule has 0 atom stereocenters. The van der Waals surface area contributed by atoms with Crippen LogP contribution in [0.2, 0.25) is 0 Å². The summed E-state index contributed by atoms with van der Waals surface area (Å²) in [6.07, 6.45) is 5.93. The van der Waals surface area contributed by atoms with Crippen LogP contribution in [-0.4, -0.2) is 30.7 Å². The molecule has 1 saturated carbocycles. The number of carbonyl (C=O) groups is 1. The Morgan fingerprint density at radius 2 is 1.90 bits per heavy atom. The van der Waals surface area contributed by atoms with Crippen LogP contribution in [0.5, 0.6) is 0 Å². The Bertz CT molecular complexity index is 324. The minimum Gasteiger partial charge on any atom is -0.392 e. The summed E-state index contributed by atoms with van der Waals surface area (Å²) < 4.78 is 5.47. The lowest BCUT2D eigenvalue weighted by molar-refractivity contribution is -0.128. The van der Waals surface area contributed by atoms with Gasteiger partial charge in [0.25, 0.3) is 0 Å². The highest BCUT2D eigenvalue weighted by atomic mass is 32.1. The van der Waals surface area contributed by atoms with Crippen molar-refractivity contribution in [1.82, 2.24) is 5.32 Å². The monoisotopic (exact) mass is 300 g/mol. The van der Waals surface area contributed by atoms with E-state index in [9.17, 15) is 4.79 Å². The van der Waals surface area contributed by atoms with Crippen molar-refractivity contribution in [3.05, 3.63) is 0 Å². The van der Waals surface area contributed by atoms with Crippen LogP contribution in [0.25, 0.3) is 0 Å². The van der Waals surface area contributed by atoms with Crippen molar-refractivity contribution in [2.45, 2.75) is 52.4 Å². The third-order valence-electron chi connectivity index (χ3n) is 3.85. The first-order valence-electron chi connectivity index (χ1n) is 7.65. The Morgan fingerprint density at radius 1 is 1.30 bits per heavy atom. The highest BCUT2D eigenvalue weighted by molar-refractivity contribution is 7.80. The number of carbonyl (C=O) groups excluding carboxylic acids is 1. The number of nitrogens with two attached hydrogens (primary N) is 1. The SMILES string of the molecule is CC(C)COCCNC(=O)C1(C(N)=S)CCCCCC1. The van der Waals surface area contributed by atoms with Crippen LogP contribution in [0.4, 0.5) is 0 Å². The predicted molar refractivity (Wildman–Crippen MR) is 85.6 cm³/mol. The number of rotatable bonds is 7. The maximum Gasteiger partial charge on any atom is 0.233 e. The molecule has 4 nitrogen and oxygen atoms in total. The molecule has 1 rings (SSSR count). The highest BCUT2D eigenvalue weighted by Crippen LogP contribution is 2.35. The molecule has 0 unspecified atom stereocenters. The summed E-state index contributed by atoms with van der Waals surface area (Å²) in [6.45, 7) is 5.99. The number of hydrogen-bond donors (Lipinski definition) is 2. The summed E-state index contributed by atoms with van der Waals surface area (Å²) >= 11 is 5.19. The van der Waals surface area contributed by atoms with Crippen LogP contribution >= 0.6 is 12.2 Å². The van der Waals surface area contributed by atoms with Crippen molar-refractivity contribution < 1.29 is 9.53 Å². The average Bonchev–Trinajstić information content (AvgIpc) is 2.64.